The third kappa shape index (κ3) is 3.61. The maximum Gasteiger partial charge on any atom is 0.251 e. The average molecular weight is 219 g/mol. The van der Waals surface area contributed by atoms with Gasteiger partial charge >= 0.3 is 0 Å². The van der Waals surface area contributed by atoms with Crippen LogP contribution in [-0.4, -0.2) is 10.1 Å². The van der Waals surface area contributed by atoms with Crippen molar-refractivity contribution in [3.8, 4) is 5.88 Å². The zero-order valence-electron chi connectivity index (χ0n) is 9.66. The Hall–Kier alpha value is -2.03. The van der Waals surface area contributed by atoms with E-state index in [9.17, 15) is 9.90 Å². The summed E-state index contributed by atoms with van der Waals surface area (Å²) in [6.45, 7) is 11.1. The highest BCUT2D eigenvalue weighted by molar-refractivity contribution is 5.67. The lowest BCUT2D eigenvalue weighted by atomic mass is 10.1. The Morgan fingerprint density at radius 3 is 2.50 bits per heavy atom. The van der Waals surface area contributed by atoms with E-state index in [-0.39, 0.29) is 11.4 Å². The number of aromatic nitrogens is 1. The third-order valence-corrected chi connectivity index (χ3v) is 1.71. The SMILES string of the molecule is C=C/C=C\c1c(C=C)cc(=O)[nH]c1O.CC. The Labute approximate surface area is 95.5 Å². The molecule has 3 nitrogen and oxygen atoms in total. The van der Waals surface area contributed by atoms with Gasteiger partial charge in [0.15, 0.2) is 5.88 Å². The third-order valence-electron chi connectivity index (χ3n) is 1.71. The smallest absolute Gasteiger partial charge is 0.251 e. The summed E-state index contributed by atoms with van der Waals surface area (Å²) in [4.78, 5) is 13.3. The van der Waals surface area contributed by atoms with Crippen LogP contribution in [0.25, 0.3) is 12.2 Å². The molecule has 0 saturated heterocycles. The van der Waals surface area contributed by atoms with Crippen LogP contribution in [-0.2, 0) is 0 Å². The molecule has 0 fully saturated rings. The van der Waals surface area contributed by atoms with Crippen LogP contribution in [0.5, 0.6) is 5.88 Å². The van der Waals surface area contributed by atoms with Crippen LogP contribution < -0.4 is 5.56 Å². The van der Waals surface area contributed by atoms with Gasteiger partial charge in [0.25, 0.3) is 5.56 Å². The molecule has 86 valence electrons. The fourth-order valence-electron chi connectivity index (χ4n) is 1.08. The highest BCUT2D eigenvalue weighted by Gasteiger charge is 2.03. The van der Waals surface area contributed by atoms with Gasteiger partial charge in [-0.25, -0.2) is 0 Å². The van der Waals surface area contributed by atoms with Gasteiger partial charge in [-0.15, -0.1) is 0 Å². The minimum atomic E-state index is -0.354. The zero-order chi connectivity index (χ0) is 12.6. The van der Waals surface area contributed by atoms with Crippen molar-refractivity contribution in [3.63, 3.8) is 0 Å². The molecule has 1 aromatic rings. The number of hydrogen-bond donors (Lipinski definition) is 2. The molecule has 1 heterocycles. The summed E-state index contributed by atoms with van der Waals surface area (Å²) in [5.74, 6) is -0.162. The van der Waals surface area contributed by atoms with Crippen LogP contribution in [0.3, 0.4) is 0 Å². The first kappa shape index (κ1) is 14.0. The molecular formula is C13H17NO2. The molecule has 1 aromatic heterocycles. The van der Waals surface area contributed by atoms with E-state index in [4.69, 9.17) is 0 Å². The van der Waals surface area contributed by atoms with Crippen molar-refractivity contribution in [2.45, 2.75) is 13.8 Å². The second kappa shape index (κ2) is 7.29. The molecule has 0 unspecified atom stereocenters. The number of hydrogen-bond acceptors (Lipinski definition) is 2. The number of pyridine rings is 1. The van der Waals surface area contributed by atoms with E-state index in [2.05, 4.69) is 18.1 Å². The molecule has 0 saturated carbocycles. The van der Waals surface area contributed by atoms with Gasteiger partial charge in [0, 0.05) is 11.6 Å². The van der Waals surface area contributed by atoms with Crippen LogP contribution in [0.1, 0.15) is 25.0 Å². The second-order valence-corrected chi connectivity index (χ2v) is 2.65. The monoisotopic (exact) mass is 219 g/mol. The van der Waals surface area contributed by atoms with Crippen molar-refractivity contribution in [2.75, 3.05) is 0 Å². The molecule has 0 radical (unpaired) electrons. The van der Waals surface area contributed by atoms with Crippen molar-refractivity contribution in [1.29, 1.82) is 0 Å². The standard InChI is InChI=1S/C11H11NO2.C2H6/c1-3-5-6-9-8(4-2)7-10(13)12-11(9)14;1-2/h3-7H,1-2H2,(H2,12,13,14);1-2H3/b6-5-;. The topological polar surface area (TPSA) is 53.1 Å². The van der Waals surface area contributed by atoms with Gasteiger partial charge < -0.3 is 5.11 Å². The van der Waals surface area contributed by atoms with Crippen molar-refractivity contribution >= 4 is 12.2 Å². The molecule has 1 rings (SSSR count). The Balaban J connectivity index is 0.00000106. The summed E-state index contributed by atoms with van der Waals surface area (Å²) in [6.07, 6.45) is 6.41. The molecule has 0 bridgehead atoms. The van der Waals surface area contributed by atoms with Crippen LogP contribution in [0, 0.1) is 0 Å². The van der Waals surface area contributed by atoms with Gasteiger partial charge in [-0.05, 0) is 11.6 Å². The van der Waals surface area contributed by atoms with Gasteiger partial charge in [-0.1, -0.05) is 45.2 Å². The van der Waals surface area contributed by atoms with Crippen LogP contribution in [0.4, 0.5) is 0 Å². The van der Waals surface area contributed by atoms with E-state index in [1.54, 1.807) is 18.2 Å². The van der Waals surface area contributed by atoms with Crippen molar-refractivity contribution in [1.82, 2.24) is 4.98 Å². The van der Waals surface area contributed by atoms with E-state index < -0.39 is 0 Å². The lowest BCUT2D eigenvalue weighted by Gasteiger charge is -2.02. The summed E-state index contributed by atoms with van der Waals surface area (Å²) < 4.78 is 0. The Bertz CT molecular complexity index is 442. The van der Waals surface area contributed by atoms with Gasteiger partial charge in [-0.2, -0.15) is 0 Å². The molecular weight excluding hydrogens is 202 g/mol. The van der Waals surface area contributed by atoms with Crippen molar-refractivity contribution in [3.05, 3.63) is 52.9 Å². The minimum Gasteiger partial charge on any atom is -0.494 e. The van der Waals surface area contributed by atoms with E-state index >= 15 is 0 Å². The highest BCUT2D eigenvalue weighted by atomic mass is 16.3. The minimum absolute atomic E-state index is 0.162. The molecule has 0 aliphatic carbocycles. The number of nitrogens with one attached hydrogen (secondary N) is 1. The fourth-order valence-corrected chi connectivity index (χ4v) is 1.08. The summed E-state index contributed by atoms with van der Waals surface area (Å²) in [7, 11) is 0. The number of H-pyrrole nitrogens is 1. The Morgan fingerprint density at radius 1 is 1.38 bits per heavy atom. The lowest BCUT2D eigenvalue weighted by molar-refractivity contribution is 0.450. The molecule has 0 spiro atoms. The number of aromatic amines is 1. The van der Waals surface area contributed by atoms with Crippen LogP contribution >= 0.6 is 0 Å². The predicted molar refractivity (Wildman–Crippen MR) is 69.4 cm³/mol. The van der Waals surface area contributed by atoms with E-state index in [0.717, 1.165) is 0 Å². The second-order valence-electron chi connectivity index (χ2n) is 2.65. The average Bonchev–Trinajstić information content (AvgIpc) is 2.29. The summed E-state index contributed by atoms with van der Waals surface area (Å²) >= 11 is 0. The van der Waals surface area contributed by atoms with Gasteiger partial charge in [-0.3, -0.25) is 9.78 Å². The zero-order valence-corrected chi connectivity index (χ0v) is 9.66. The van der Waals surface area contributed by atoms with E-state index in [0.29, 0.717) is 11.1 Å². The molecule has 2 N–H and O–H groups in total. The quantitative estimate of drug-likeness (QED) is 0.768. The molecule has 0 aliphatic rings. The maximum absolute atomic E-state index is 11.0. The molecule has 0 atom stereocenters. The Kier molecular flexibility index (Phi) is 6.36. The largest absolute Gasteiger partial charge is 0.494 e. The highest BCUT2D eigenvalue weighted by Crippen LogP contribution is 2.18. The summed E-state index contributed by atoms with van der Waals surface area (Å²) in [5, 5.41) is 9.44. The predicted octanol–water partition coefficient (Wildman–Crippen LogP) is 2.95. The number of rotatable bonds is 3. The van der Waals surface area contributed by atoms with E-state index in [1.807, 2.05) is 13.8 Å². The van der Waals surface area contributed by atoms with Crippen LogP contribution in [0.15, 0.2) is 36.2 Å². The normalized spacial score (nSPS) is 9.38. The molecule has 0 aliphatic heterocycles. The van der Waals surface area contributed by atoms with E-state index in [1.165, 1.54) is 12.1 Å². The first-order valence-corrected chi connectivity index (χ1v) is 5.07. The first-order valence-electron chi connectivity index (χ1n) is 5.07. The lowest BCUT2D eigenvalue weighted by Crippen LogP contribution is -2.05. The van der Waals surface area contributed by atoms with Gasteiger partial charge in [0.1, 0.15) is 0 Å². The summed E-state index contributed by atoms with van der Waals surface area (Å²) in [5.41, 5.74) is 0.761. The molecule has 16 heavy (non-hydrogen) atoms. The Morgan fingerprint density at radius 2 is 2.00 bits per heavy atom. The van der Waals surface area contributed by atoms with Gasteiger partial charge in [0.2, 0.25) is 0 Å². The molecule has 0 aromatic carbocycles. The molecule has 3 heteroatoms. The van der Waals surface area contributed by atoms with Crippen molar-refractivity contribution in [2.24, 2.45) is 0 Å². The number of allylic oxidation sites excluding steroid dienone is 2. The van der Waals surface area contributed by atoms with Gasteiger partial charge in [0.05, 0.1) is 0 Å². The van der Waals surface area contributed by atoms with Crippen LogP contribution in [0.2, 0.25) is 0 Å². The first-order chi connectivity index (χ1) is 7.69. The van der Waals surface area contributed by atoms with Crippen molar-refractivity contribution < 1.29 is 5.11 Å². The maximum atomic E-state index is 11.0. The fraction of sp³-hybridized carbons (Fsp3) is 0.154. The number of aromatic hydroxyl groups is 1. The summed E-state index contributed by atoms with van der Waals surface area (Å²) in [6, 6.07) is 1.37. The molecule has 0 amide bonds.